The highest BCUT2D eigenvalue weighted by molar-refractivity contribution is 14.1. The molecule has 1 fully saturated rings. The number of hydrogen-bond donors (Lipinski definition) is 1. The molecule has 1 aromatic rings. The van der Waals surface area contributed by atoms with E-state index in [1.165, 1.54) is 16.8 Å². The average Bonchev–Trinajstić information content (AvgIpc) is 2.71. The fourth-order valence-electron chi connectivity index (χ4n) is 2.48. The van der Waals surface area contributed by atoms with Gasteiger partial charge in [0.2, 0.25) is 0 Å². The molecule has 20 heavy (non-hydrogen) atoms. The Morgan fingerprint density at radius 2 is 2.20 bits per heavy atom. The molecule has 1 saturated heterocycles. The summed E-state index contributed by atoms with van der Waals surface area (Å²) in [6.45, 7) is 1.95. The molecular formula is C12H17IN2O5. The highest BCUT2D eigenvalue weighted by atomic mass is 127. The van der Waals surface area contributed by atoms with E-state index in [1.807, 2.05) is 6.92 Å². The normalized spacial score (nSPS) is 33.5. The van der Waals surface area contributed by atoms with Crippen molar-refractivity contribution in [2.24, 2.45) is 5.92 Å². The van der Waals surface area contributed by atoms with Gasteiger partial charge in [0.05, 0.1) is 4.43 Å². The van der Waals surface area contributed by atoms with Gasteiger partial charge in [0.25, 0.3) is 5.56 Å². The predicted octanol–water partition coefficient (Wildman–Crippen LogP) is 0.494. The molecule has 1 aliphatic heterocycles. The first-order valence-electron chi connectivity index (χ1n) is 6.12. The number of aromatic nitrogens is 2. The number of methoxy groups -OCH3 is 2. The Morgan fingerprint density at radius 3 is 2.70 bits per heavy atom. The van der Waals surface area contributed by atoms with Gasteiger partial charge in [-0.1, -0.05) is 29.5 Å². The number of ether oxygens (including phenoxy) is 3. The van der Waals surface area contributed by atoms with E-state index >= 15 is 0 Å². The zero-order valence-electron chi connectivity index (χ0n) is 11.5. The van der Waals surface area contributed by atoms with Crippen LogP contribution in [0.15, 0.2) is 21.9 Å². The third-order valence-corrected chi connectivity index (χ3v) is 4.78. The van der Waals surface area contributed by atoms with Gasteiger partial charge in [-0.25, -0.2) is 4.79 Å². The van der Waals surface area contributed by atoms with Gasteiger partial charge >= 0.3 is 5.69 Å². The first-order chi connectivity index (χ1) is 9.49. The van der Waals surface area contributed by atoms with Gasteiger partial charge < -0.3 is 14.2 Å². The maximum Gasteiger partial charge on any atom is 0.330 e. The second kappa shape index (κ2) is 5.96. The van der Waals surface area contributed by atoms with Gasteiger partial charge in [-0.3, -0.25) is 14.3 Å². The standard InChI is InChI=1S/C12H17IN2O5/c1-7-9(18-2)10(20-12(7,6-13)19-3)15-5-4-8(16)14-11(15)17/h4-5,7,9-10H,6H2,1-3H3,(H,14,16,17)/t7-,9+,10+,12-/m0/s1. The molecule has 1 aromatic heterocycles. The number of rotatable bonds is 4. The minimum atomic E-state index is -0.818. The van der Waals surface area contributed by atoms with Crippen LogP contribution in [0.25, 0.3) is 0 Å². The Balaban J connectivity index is 2.46. The van der Waals surface area contributed by atoms with Crippen molar-refractivity contribution in [1.82, 2.24) is 9.55 Å². The number of nitrogens with one attached hydrogen (secondary N) is 1. The van der Waals surface area contributed by atoms with Crippen molar-refractivity contribution in [2.75, 3.05) is 18.6 Å². The van der Waals surface area contributed by atoms with Crippen LogP contribution in [0, 0.1) is 5.92 Å². The quantitative estimate of drug-likeness (QED) is 0.592. The summed E-state index contributed by atoms with van der Waals surface area (Å²) in [5, 5.41) is 0. The molecule has 112 valence electrons. The predicted molar refractivity (Wildman–Crippen MR) is 80.0 cm³/mol. The Hall–Kier alpha value is -0.710. The molecule has 0 bridgehead atoms. The molecule has 0 radical (unpaired) electrons. The van der Waals surface area contributed by atoms with Crippen molar-refractivity contribution in [3.05, 3.63) is 33.1 Å². The van der Waals surface area contributed by atoms with Crippen molar-refractivity contribution in [3.8, 4) is 0 Å². The zero-order valence-corrected chi connectivity index (χ0v) is 13.6. The summed E-state index contributed by atoms with van der Waals surface area (Å²) in [4.78, 5) is 25.3. The minimum Gasteiger partial charge on any atom is -0.376 e. The van der Waals surface area contributed by atoms with E-state index in [0.29, 0.717) is 4.43 Å². The van der Waals surface area contributed by atoms with Gasteiger partial charge in [0.15, 0.2) is 12.0 Å². The zero-order chi connectivity index (χ0) is 14.9. The Kier molecular flexibility index (Phi) is 4.67. The smallest absolute Gasteiger partial charge is 0.330 e. The van der Waals surface area contributed by atoms with Crippen LogP contribution in [0.1, 0.15) is 13.2 Å². The largest absolute Gasteiger partial charge is 0.376 e. The van der Waals surface area contributed by atoms with Crippen molar-refractivity contribution in [3.63, 3.8) is 0 Å². The summed E-state index contributed by atoms with van der Waals surface area (Å²) < 4.78 is 18.9. The lowest BCUT2D eigenvalue weighted by atomic mass is 9.98. The van der Waals surface area contributed by atoms with Gasteiger partial charge in [-0.05, 0) is 0 Å². The molecule has 2 rings (SSSR count). The lowest BCUT2D eigenvalue weighted by Gasteiger charge is -2.29. The Bertz CT molecular complexity index is 580. The van der Waals surface area contributed by atoms with E-state index in [-0.39, 0.29) is 12.0 Å². The Morgan fingerprint density at radius 1 is 1.50 bits per heavy atom. The molecular weight excluding hydrogens is 379 g/mol. The van der Waals surface area contributed by atoms with Crippen LogP contribution in [0.3, 0.4) is 0 Å². The molecule has 0 aromatic carbocycles. The minimum absolute atomic E-state index is 0.0711. The molecule has 8 heteroatoms. The number of aromatic amines is 1. The monoisotopic (exact) mass is 396 g/mol. The van der Waals surface area contributed by atoms with Crippen LogP contribution in [0.4, 0.5) is 0 Å². The highest BCUT2D eigenvalue weighted by Gasteiger charge is 2.54. The fraction of sp³-hybridized carbons (Fsp3) is 0.667. The first kappa shape index (κ1) is 15.7. The topological polar surface area (TPSA) is 82.6 Å². The number of hydrogen-bond acceptors (Lipinski definition) is 5. The number of nitrogens with zero attached hydrogens (tertiary/aromatic N) is 1. The van der Waals surface area contributed by atoms with E-state index in [4.69, 9.17) is 14.2 Å². The van der Waals surface area contributed by atoms with Gasteiger partial charge in [-0.15, -0.1) is 0 Å². The second-order valence-corrected chi connectivity index (χ2v) is 5.43. The van der Waals surface area contributed by atoms with Crippen molar-refractivity contribution < 1.29 is 14.2 Å². The molecule has 0 saturated carbocycles. The van der Waals surface area contributed by atoms with Gasteiger partial charge in [0.1, 0.15) is 6.10 Å². The lowest BCUT2D eigenvalue weighted by molar-refractivity contribution is -0.223. The van der Waals surface area contributed by atoms with Crippen molar-refractivity contribution in [2.45, 2.75) is 25.0 Å². The molecule has 0 spiro atoms. The fourth-order valence-corrected chi connectivity index (χ4v) is 3.67. The van der Waals surface area contributed by atoms with Crippen LogP contribution in [0.5, 0.6) is 0 Å². The third-order valence-electron chi connectivity index (χ3n) is 3.72. The number of H-pyrrole nitrogens is 1. The average molecular weight is 396 g/mol. The maximum absolute atomic E-state index is 11.9. The molecule has 0 unspecified atom stereocenters. The van der Waals surface area contributed by atoms with Crippen LogP contribution in [-0.4, -0.2) is 40.1 Å². The highest BCUT2D eigenvalue weighted by Crippen LogP contribution is 2.43. The number of halogens is 1. The summed E-state index contributed by atoms with van der Waals surface area (Å²) in [6, 6.07) is 1.28. The molecule has 2 heterocycles. The Labute approximate surface area is 129 Å². The van der Waals surface area contributed by atoms with Crippen LogP contribution >= 0.6 is 22.6 Å². The summed E-state index contributed by atoms with van der Waals surface area (Å²) in [5.74, 6) is -0.889. The summed E-state index contributed by atoms with van der Waals surface area (Å²) >= 11 is 2.18. The van der Waals surface area contributed by atoms with E-state index in [0.717, 1.165) is 0 Å². The van der Waals surface area contributed by atoms with Crippen LogP contribution in [-0.2, 0) is 14.2 Å². The molecule has 7 nitrogen and oxygen atoms in total. The first-order valence-corrected chi connectivity index (χ1v) is 7.65. The van der Waals surface area contributed by atoms with Gasteiger partial charge in [-0.2, -0.15) is 0 Å². The van der Waals surface area contributed by atoms with Crippen LogP contribution < -0.4 is 11.2 Å². The van der Waals surface area contributed by atoms with E-state index in [1.54, 1.807) is 14.2 Å². The third kappa shape index (κ3) is 2.45. The van der Waals surface area contributed by atoms with E-state index in [9.17, 15) is 9.59 Å². The molecule has 0 amide bonds. The lowest BCUT2D eigenvalue weighted by Crippen LogP contribution is -2.40. The SMILES string of the molecule is CO[C@H]1[C@H](n2ccc(=O)[nH]c2=O)O[C@](CI)(OC)[C@H]1C. The number of alkyl halides is 1. The van der Waals surface area contributed by atoms with E-state index < -0.39 is 23.3 Å². The summed E-state index contributed by atoms with van der Waals surface area (Å²) in [7, 11) is 3.13. The molecule has 1 aliphatic rings. The van der Waals surface area contributed by atoms with Crippen LogP contribution in [0.2, 0.25) is 0 Å². The maximum atomic E-state index is 11.9. The molecule has 4 atom stereocenters. The van der Waals surface area contributed by atoms with E-state index in [2.05, 4.69) is 27.6 Å². The van der Waals surface area contributed by atoms with Gasteiger partial charge in [0, 0.05) is 32.4 Å². The summed E-state index contributed by atoms with van der Waals surface area (Å²) in [6.07, 6.45) is 0.408. The molecule has 0 aliphatic carbocycles. The molecule has 1 N–H and O–H groups in total. The summed E-state index contributed by atoms with van der Waals surface area (Å²) in [5.41, 5.74) is -0.977. The van der Waals surface area contributed by atoms with Crippen molar-refractivity contribution >= 4 is 22.6 Å². The van der Waals surface area contributed by atoms with Crippen molar-refractivity contribution in [1.29, 1.82) is 0 Å². The second-order valence-electron chi connectivity index (χ2n) is 4.66.